The number of carbonyl (C=O) groups is 2. The van der Waals surface area contributed by atoms with Gasteiger partial charge in [-0.15, -0.1) is 0 Å². The quantitative estimate of drug-likeness (QED) is 0.361. The molecule has 3 aromatic carbocycles. The number of hydrogen-bond donors (Lipinski definition) is 0. The van der Waals surface area contributed by atoms with Crippen LogP contribution in [0.1, 0.15) is 27.0 Å². The third-order valence-electron chi connectivity index (χ3n) is 4.48. The van der Waals surface area contributed by atoms with Crippen LogP contribution in [0.3, 0.4) is 0 Å². The molecule has 0 saturated heterocycles. The average Bonchev–Trinajstić information content (AvgIpc) is 3.10. The minimum Gasteiger partial charge on any atom is -0.432 e. The van der Waals surface area contributed by atoms with E-state index in [2.05, 4.69) is 4.99 Å². The van der Waals surface area contributed by atoms with E-state index >= 15 is 0 Å². The molecular weight excluding hydrogens is 385 g/mol. The predicted molar refractivity (Wildman–Crippen MR) is 110 cm³/mol. The molecule has 0 unspecified atom stereocenters. The van der Waals surface area contributed by atoms with Gasteiger partial charge in [-0.3, -0.25) is 4.79 Å². The Balaban J connectivity index is 1.47. The molecule has 0 aromatic heterocycles. The van der Waals surface area contributed by atoms with Crippen LogP contribution < -0.4 is 4.74 Å². The Morgan fingerprint density at radius 2 is 1.70 bits per heavy atom. The van der Waals surface area contributed by atoms with E-state index in [0.29, 0.717) is 16.9 Å². The van der Waals surface area contributed by atoms with Gasteiger partial charge < -0.3 is 9.47 Å². The molecule has 6 heteroatoms. The van der Waals surface area contributed by atoms with Gasteiger partial charge in [0.2, 0.25) is 5.90 Å². The van der Waals surface area contributed by atoms with Gasteiger partial charge in [-0.1, -0.05) is 42.5 Å². The number of nitrogens with zero attached hydrogens (tertiary/aromatic N) is 1. The molecule has 1 amide bonds. The van der Waals surface area contributed by atoms with Gasteiger partial charge in [0, 0.05) is 0 Å². The maximum absolute atomic E-state index is 13.9. The number of aliphatic imine (C=N–C) groups is 1. The maximum atomic E-state index is 13.9. The highest BCUT2D eigenvalue weighted by Crippen LogP contribution is 2.22. The number of amides is 1. The van der Waals surface area contributed by atoms with Crippen LogP contribution in [0, 0.1) is 12.7 Å². The molecule has 0 N–H and O–H groups in total. The fraction of sp³-hybridized carbons (Fsp3) is 0.0417. The highest BCUT2D eigenvalue weighted by atomic mass is 19.1. The monoisotopic (exact) mass is 401 g/mol. The first kappa shape index (κ1) is 19.3. The Hall–Kier alpha value is -4.06. The Morgan fingerprint density at radius 3 is 2.43 bits per heavy atom. The first-order valence-corrected chi connectivity index (χ1v) is 9.16. The average molecular weight is 401 g/mol. The van der Waals surface area contributed by atoms with E-state index in [0.717, 1.165) is 5.56 Å². The van der Waals surface area contributed by atoms with Crippen molar-refractivity contribution in [1.82, 2.24) is 0 Å². The fourth-order valence-corrected chi connectivity index (χ4v) is 2.91. The molecule has 0 fully saturated rings. The summed E-state index contributed by atoms with van der Waals surface area (Å²) in [6.45, 7) is 1.84. The Kier molecular flexibility index (Phi) is 5.22. The molecule has 0 radical (unpaired) electrons. The van der Waals surface area contributed by atoms with Crippen LogP contribution in [0.2, 0.25) is 0 Å². The van der Waals surface area contributed by atoms with Crippen LogP contribution in [0.5, 0.6) is 5.75 Å². The van der Waals surface area contributed by atoms with Gasteiger partial charge in [0.25, 0.3) is 0 Å². The summed E-state index contributed by atoms with van der Waals surface area (Å²) in [7, 11) is 0. The van der Waals surface area contributed by atoms with Crippen molar-refractivity contribution in [2.24, 2.45) is 4.99 Å². The van der Waals surface area contributed by atoms with Gasteiger partial charge in [0.1, 0.15) is 11.6 Å². The molecule has 0 aliphatic carbocycles. The molecule has 1 heterocycles. The lowest BCUT2D eigenvalue weighted by Crippen LogP contribution is -2.09. The number of benzene rings is 3. The Labute approximate surface area is 172 Å². The molecule has 30 heavy (non-hydrogen) atoms. The normalized spacial score (nSPS) is 14.4. The summed E-state index contributed by atoms with van der Waals surface area (Å²) in [5.74, 6) is -1.29. The van der Waals surface area contributed by atoms with Crippen molar-refractivity contribution >= 4 is 23.9 Å². The number of aryl methyl sites for hydroxylation is 1. The molecule has 0 bridgehead atoms. The molecule has 3 aromatic rings. The summed E-state index contributed by atoms with van der Waals surface area (Å²) in [6, 6.07) is 19.7. The molecule has 1 aliphatic rings. The molecular formula is C24H16FNO4. The zero-order valence-corrected chi connectivity index (χ0v) is 16.0. The number of halogens is 1. The van der Waals surface area contributed by atoms with Crippen LogP contribution in [0.25, 0.3) is 6.08 Å². The standard InChI is InChI=1S/C24H16FNO4/c1-15-6-2-3-7-18(15)24(28)29-17-12-10-16(11-13-17)14-21-22(27)26-23(30-21)19-8-4-5-9-20(19)25/h2-14H,1H3/b21-14+. The summed E-state index contributed by atoms with van der Waals surface area (Å²) in [5.41, 5.74) is 2.07. The number of hydrogen-bond acceptors (Lipinski definition) is 4. The Morgan fingerprint density at radius 1 is 1.00 bits per heavy atom. The summed E-state index contributed by atoms with van der Waals surface area (Å²) < 4.78 is 24.7. The van der Waals surface area contributed by atoms with E-state index < -0.39 is 17.7 Å². The zero-order valence-electron chi connectivity index (χ0n) is 16.0. The second-order valence-corrected chi connectivity index (χ2v) is 6.59. The maximum Gasteiger partial charge on any atom is 0.343 e. The number of esters is 1. The molecule has 4 rings (SSSR count). The van der Waals surface area contributed by atoms with E-state index in [4.69, 9.17) is 9.47 Å². The van der Waals surface area contributed by atoms with Crippen molar-refractivity contribution < 1.29 is 23.5 Å². The van der Waals surface area contributed by atoms with E-state index in [1.807, 2.05) is 19.1 Å². The predicted octanol–water partition coefficient (Wildman–Crippen LogP) is 4.70. The zero-order chi connectivity index (χ0) is 21.1. The van der Waals surface area contributed by atoms with Gasteiger partial charge in [0.05, 0.1) is 11.1 Å². The third kappa shape index (κ3) is 4.03. The summed E-state index contributed by atoms with van der Waals surface area (Å²) in [6.07, 6.45) is 1.49. The van der Waals surface area contributed by atoms with Gasteiger partial charge in [-0.25, -0.2) is 9.18 Å². The highest BCUT2D eigenvalue weighted by Gasteiger charge is 2.25. The van der Waals surface area contributed by atoms with Crippen LogP contribution in [0.15, 0.2) is 83.5 Å². The van der Waals surface area contributed by atoms with Crippen molar-refractivity contribution in [3.05, 3.63) is 107 Å². The second kappa shape index (κ2) is 8.13. The number of ether oxygens (including phenoxy) is 2. The topological polar surface area (TPSA) is 65.0 Å². The molecule has 1 aliphatic heterocycles. The van der Waals surface area contributed by atoms with E-state index in [-0.39, 0.29) is 17.2 Å². The number of rotatable bonds is 4. The van der Waals surface area contributed by atoms with Crippen molar-refractivity contribution in [2.45, 2.75) is 6.92 Å². The number of carbonyl (C=O) groups excluding carboxylic acids is 2. The minimum absolute atomic E-state index is 0.0158. The van der Waals surface area contributed by atoms with Gasteiger partial charge in [-0.05, 0) is 54.5 Å². The molecule has 148 valence electrons. The van der Waals surface area contributed by atoms with Crippen molar-refractivity contribution in [1.29, 1.82) is 0 Å². The molecule has 0 spiro atoms. The first-order valence-electron chi connectivity index (χ1n) is 9.16. The summed E-state index contributed by atoms with van der Waals surface area (Å²) in [5, 5.41) is 0. The van der Waals surface area contributed by atoms with Crippen LogP contribution >= 0.6 is 0 Å². The van der Waals surface area contributed by atoms with E-state index in [1.54, 1.807) is 48.5 Å². The molecule has 0 saturated carbocycles. The third-order valence-corrected chi connectivity index (χ3v) is 4.48. The second-order valence-electron chi connectivity index (χ2n) is 6.59. The van der Waals surface area contributed by atoms with Crippen LogP contribution in [0.4, 0.5) is 4.39 Å². The van der Waals surface area contributed by atoms with Crippen LogP contribution in [-0.4, -0.2) is 17.8 Å². The fourth-order valence-electron chi connectivity index (χ4n) is 2.91. The van der Waals surface area contributed by atoms with Crippen molar-refractivity contribution in [2.75, 3.05) is 0 Å². The van der Waals surface area contributed by atoms with Gasteiger partial charge in [-0.2, -0.15) is 4.99 Å². The molecule has 5 nitrogen and oxygen atoms in total. The van der Waals surface area contributed by atoms with Crippen molar-refractivity contribution in [3.63, 3.8) is 0 Å². The largest absolute Gasteiger partial charge is 0.432 e. The first-order chi connectivity index (χ1) is 14.5. The Bertz CT molecular complexity index is 1200. The van der Waals surface area contributed by atoms with E-state index in [9.17, 15) is 14.0 Å². The minimum atomic E-state index is -0.594. The van der Waals surface area contributed by atoms with Crippen molar-refractivity contribution in [3.8, 4) is 5.75 Å². The van der Waals surface area contributed by atoms with Gasteiger partial charge >= 0.3 is 11.9 Å². The summed E-state index contributed by atoms with van der Waals surface area (Å²) in [4.78, 5) is 28.2. The lowest BCUT2D eigenvalue weighted by Gasteiger charge is -2.07. The summed E-state index contributed by atoms with van der Waals surface area (Å²) >= 11 is 0. The van der Waals surface area contributed by atoms with Gasteiger partial charge in [0.15, 0.2) is 5.76 Å². The highest BCUT2D eigenvalue weighted by molar-refractivity contribution is 6.14. The lowest BCUT2D eigenvalue weighted by molar-refractivity contribution is -0.115. The smallest absolute Gasteiger partial charge is 0.343 e. The van der Waals surface area contributed by atoms with Crippen LogP contribution in [-0.2, 0) is 9.53 Å². The lowest BCUT2D eigenvalue weighted by atomic mass is 10.1. The SMILES string of the molecule is Cc1ccccc1C(=O)Oc1ccc(/C=C2/OC(c3ccccc3F)=NC2=O)cc1. The van der Waals surface area contributed by atoms with E-state index in [1.165, 1.54) is 18.2 Å². The molecule has 0 atom stereocenters.